The molecule has 0 saturated carbocycles. The van der Waals surface area contributed by atoms with Gasteiger partial charge in [0.1, 0.15) is 0 Å². The van der Waals surface area contributed by atoms with Crippen LogP contribution in [-0.2, 0) is 20.1 Å². The molecule has 2 rings (SSSR count). The van der Waals surface area contributed by atoms with Crippen LogP contribution in [0.25, 0.3) is 0 Å². The van der Waals surface area contributed by atoms with E-state index >= 15 is 0 Å². The smallest absolute Gasteiger partial charge is 0.243 e. The maximum absolute atomic E-state index is 11.1. The maximum Gasteiger partial charge on any atom is 0.243 e. The second-order valence-electron chi connectivity index (χ2n) is 3.97. The van der Waals surface area contributed by atoms with Gasteiger partial charge in [0, 0.05) is 32.3 Å². The number of carbonyl (C=O) groups excluding carboxylic acids is 1. The summed E-state index contributed by atoms with van der Waals surface area (Å²) >= 11 is 0. The molecule has 4 heteroatoms. The van der Waals surface area contributed by atoms with Crippen molar-refractivity contribution in [1.29, 1.82) is 0 Å². The first-order valence-electron chi connectivity index (χ1n) is 5.61. The molecule has 18 heavy (non-hydrogen) atoms. The van der Waals surface area contributed by atoms with Crippen molar-refractivity contribution in [1.82, 2.24) is 0 Å². The van der Waals surface area contributed by atoms with Crippen LogP contribution in [0.4, 0.5) is 0 Å². The summed E-state index contributed by atoms with van der Waals surface area (Å²) < 4.78 is 10.9. The highest BCUT2D eigenvalue weighted by Crippen LogP contribution is 2.34. The Morgan fingerprint density at radius 2 is 1.89 bits per heavy atom. The van der Waals surface area contributed by atoms with Crippen LogP contribution < -0.4 is 0 Å². The van der Waals surface area contributed by atoms with E-state index in [0.717, 1.165) is 11.1 Å². The average Bonchev–Trinajstić information content (AvgIpc) is 2.39. The van der Waals surface area contributed by atoms with E-state index in [1.165, 1.54) is 6.92 Å². The molecule has 0 aromatic heterocycles. The predicted molar refractivity (Wildman–Crippen MR) is 68.5 cm³/mol. The highest BCUT2D eigenvalue weighted by Gasteiger charge is 2.35. The molecule has 0 fully saturated rings. The predicted octanol–water partition coefficient (Wildman–Crippen LogP) is 2.04. The van der Waals surface area contributed by atoms with Gasteiger partial charge >= 0.3 is 0 Å². The maximum atomic E-state index is 11.1. The molecule has 1 aliphatic carbocycles. The van der Waals surface area contributed by atoms with Gasteiger partial charge in [-0.05, 0) is 12.2 Å². The first-order chi connectivity index (χ1) is 8.63. The molecular formula is C14H15NO3. The molecule has 0 saturated heterocycles. The zero-order chi connectivity index (χ0) is 13.2. The number of carbonyl (C=O) groups is 1. The minimum Gasteiger partial charge on any atom is -0.346 e. The highest BCUT2D eigenvalue weighted by atomic mass is 16.7. The summed E-state index contributed by atoms with van der Waals surface area (Å²) in [5.41, 5.74) is 2.32. The van der Waals surface area contributed by atoms with Crippen LogP contribution in [-0.4, -0.2) is 25.8 Å². The summed E-state index contributed by atoms with van der Waals surface area (Å²) in [6.07, 6.45) is 3.51. The SMILES string of the molecule is COC1(OC)C=CC(=NC(C)=O)c2ccccc21. The number of ether oxygens (including phenoxy) is 2. The van der Waals surface area contributed by atoms with Crippen LogP contribution >= 0.6 is 0 Å². The monoisotopic (exact) mass is 245 g/mol. The molecule has 1 amide bonds. The van der Waals surface area contributed by atoms with Crippen molar-refractivity contribution in [2.45, 2.75) is 12.7 Å². The minimum absolute atomic E-state index is 0.230. The molecule has 4 nitrogen and oxygen atoms in total. The quantitative estimate of drug-likeness (QED) is 0.749. The number of rotatable bonds is 2. The number of amides is 1. The van der Waals surface area contributed by atoms with Crippen molar-refractivity contribution in [3.8, 4) is 0 Å². The van der Waals surface area contributed by atoms with Crippen molar-refractivity contribution in [3.63, 3.8) is 0 Å². The van der Waals surface area contributed by atoms with Crippen LogP contribution in [0.3, 0.4) is 0 Å². The van der Waals surface area contributed by atoms with Crippen LogP contribution in [0.5, 0.6) is 0 Å². The Morgan fingerprint density at radius 1 is 1.22 bits per heavy atom. The van der Waals surface area contributed by atoms with Gasteiger partial charge in [0.25, 0.3) is 0 Å². The van der Waals surface area contributed by atoms with Crippen LogP contribution in [0, 0.1) is 0 Å². The van der Waals surface area contributed by atoms with Crippen LogP contribution in [0.2, 0.25) is 0 Å². The fourth-order valence-corrected chi connectivity index (χ4v) is 2.08. The molecule has 0 bridgehead atoms. The molecule has 0 aliphatic heterocycles. The van der Waals surface area contributed by atoms with Crippen molar-refractivity contribution in [3.05, 3.63) is 47.5 Å². The van der Waals surface area contributed by atoms with Crippen molar-refractivity contribution >= 4 is 11.6 Å². The second-order valence-corrected chi connectivity index (χ2v) is 3.97. The highest BCUT2D eigenvalue weighted by molar-refractivity contribution is 6.14. The van der Waals surface area contributed by atoms with Gasteiger partial charge < -0.3 is 9.47 Å². The standard InChI is InChI=1S/C14H15NO3/c1-10(16)15-13-8-9-14(17-2,18-3)12-7-5-4-6-11(12)13/h4-9H,1-3H3. The minimum atomic E-state index is -0.910. The Bertz CT molecular complexity index is 528. The third kappa shape index (κ3) is 2.00. The molecular weight excluding hydrogens is 230 g/mol. The zero-order valence-electron chi connectivity index (χ0n) is 10.6. The molecule has 0 atom stereocenters. The van der Waals surface area contributed by atoms with E-state index in [2.05, 4.69) is 4.99 Å². The van der Waals surface area contributed by atoms with Crippen molar-refractivity contribution < 1.29 is 14.3 Å². The van der Waals surface area contributed by atoms with Crippen molar-refractivity contribution in [2.24, 2.45) is 4.99 Å². The zero-order valence-corrected chi connectivity index (χ0v) is 10.6. The summed E-state index contributed by atoms with van der Waals surface area (Å²) in [6, 6.07) is 7.59. The molecule has 0 radical (unpaired) electrons. The van der Waals surface area contributed by atoms with Gasteiger partial charge in [0.15, 0.2) is 0 Å². The summed E-state index contributed by atoms with van der Waals surface area (Å²) in [4.78, 5) is 15.1. The number of allylic oxidation sites excluding steroid dienone is 1. The Balaban J connectivity index is 2.63. The molecule has 0 heterocycles. The molecule has 1 aromatic carbocycles. The van der Waals surface area contributed by atoms with E-state index < -0.39 is 5.79 Å². The van der Waals surface area contributed by atoms with Gasteiger partial charge in [0.2, 0.25) is 11.7 Å². The van der Waals surface area contributed by atoms with E-state index in [-0.39, 0.29) is 5.91 Å². The molecule has 0 unspecified atom stereocenters. The van der Waals surface area contributed by atoms with E-state index in [9.17, 15) is 4.79 Å². The fraction of sp³-hybridized carbons (Fsp3) is 0.286. The first-order valence-corrected chi connectivity index (χ1v) is 5.61. The number of fused-ring (bicyclic) bond motifs is 1. The largest absolute Gasteiger partial charge is 0.346 e. The summed E-state index contributed by atoms with van der Waals surface area (Å²) in [7, 11) is 3.16. The van der Waals surface area contributed by atoms with Gasteiger partial charge in [-0.15, -0.1) is 0 Å². The fourth-order valence-electron chi connectivity index (χ4n) is 2.08. The lowest BCUT2D eigenvalue weighted by molar-refractivity contribution is -0.178. The lowest BCUT2D eigenvalue weighted by atomic mass is 9.90. The van der Waals surface area contributed by atoms with E-state index in [1.54, 1.807) is 26.4 Å². The summed E-state index contributed by atoms with van der Waals surface area (Å²) in [5.74, 6) is -1.14. The Hall–Kier alpha value is -1.78. The van der Waals surface area contributed by atoms with Gasteiger partial charge in [0.05, 0.1) is 5.71 Å². The number of benzene rings is 1. The number of methoxy groups -OCH3 is 2. The third-order valence-corrected chi connectivity index (χ3v) is 2.92. The van der Waals surface area contributed by atoms with Gasteiger partial charge in [-0.1, -0.05) is 24.3 Å². The second kappa shape index (κ2) is 4.84. The summed E-state index contributed by atoms with van der Waals surface area (Å²) in [5, 5.41) is 0. The topological polar surface area (TPSA) is 47.9 Å². The lowest BCUT2D eigenvalue weighted by Crippen LogP contribution is -2.33. The Labute approximate surface area is 106 Å². The molecule has 0 N–H and O–H groups in total. The van der Waals surface area contributed by atoms with Crippen LogP contribution in [0.1, 0.15) is 18.1 Å². The van der Waals surface area contributed by atoms with Crippen LogP contribution in [0.15, 0.2) is 41.4 Å². The lowest BCUT2D eigenvalue weighted by Gasteiger charge is -2.32. The molecule has 94 valence electrons. The van der Waals surface area contributed by atoms with E-state index in [4.69, 9.17) is 9.47 Å². The van der Waals surface area contributed by atoms with Gasteiger partial charge in [-0.3, -0.25) is 4.79 Å². The van der Waals surface area contributed by atoms with Gasteiger partial charge in [-0.2, -0.15) is 0 Å². The Morgan fingerprint density at radius 3 is 2.50 bits per heavy atom. The van der Waals surface area contributed by atoms with Gasteiger partial charge in [-0.25, -0.2) is 4.99 Å². The van der Waals surface area contributed by atoms with E-state index in [0.29, 0.717) is 5.71 Å². The third-order valence-electron chi connectivity index (χ3n) is 2.92. The molecule has 1 aliphatic rings. The number of hydrogen-bond acceptors (Lipinski definition) is 3. The molecule has 1 aromatic rings. The van der Waals surface area contributed by atoms with Crippen molar-refractivity contribution in [2.75, 3.05) is 14.2 Å². The first kappa shape index (κ1) is 12.7. The number of hydrogen-bond donors (Lipinski definition) is 0. The summed E-state index contributed by atoms with van der Waals surface area (Å²) in [6.45, 7) is 1.43. The average molecular weight is 245 g/mol. The number of nitrogens with zero attached hydrogens (tertiary/aromatic N) is 1. The Kier molecular flexibility index (Phi) is 3.41. The molecule has 0 spiro atoms. The van der Waals surface area contributed by atoms with E-state index in [1.807, 2.05) is 24.3 Å². The number of aliphatic imine (C=N–C) groups is 1. The normalized spacial score (nSPS) is 18.7.